The molecule has 11 nitrogen and oxygen atoms in total. The van der Waals surface area contributed by atoms with E-state index in [1.807, 2.05) is 30.3 Å². The molecular weight excluding hydrogens is 520 g/mol. The van der Waals surface area contributed by atoms with Gasteiger partial charge in [-0.1, -0.05) is 43.1 Å². The summed E-state index contributed by atoms with van der Waals surface area (Å²) >= 11 is 5.99. The van der Waals surface area contributed by atoms with E-state index in [4.69, 9.17) is 26.8 Å². The van der Waals surface area contributed by atoms with E-state index in [0.717, 1.165) is 24.9 Å². The van der Waals surface area contributed by atoms with Crippen molar-refractivity contribution in [3.63, 3.8) is 0 Å². The number of anilines is 4. The Morgan fingerprint density at radius 3 is 2.36 bits per heavy atom. The normalized spacial score (nSPS) is 10.7. The maximum Gasteiger partial charge on any atom is 0.251 e. The second-order valence-electron chi connectivity index (χ2n) is 8.54. The van der Waals surface area contributed by atoms with E-state index in [2.05, 4.69) is 43.1 Å². The third-order valence-corrected chi connectivity index (χ3v) is 5.61. The molecule has 0 aliphatic carbocycles. The average Bonchev–Trinajstić information content (AvgIpc) is 2.94. The van der Waals surface area contributed by atoms with E-state index in [1.165, 1.54) is 0 Å². The van der Waals surface area contributed by atoms with Crippen LogP contribution in [-0.4, -0.2) is 66.9 Å². The number of benzene rings is 2. The van der Waals surface area contributed by atoms with Crippen LogP contribution < -0.4 is 27.0 Å². The molecule has 0 radical (unpaired) electrons. The Bertz CT molecular complexity index is 1150. The second-order valence-corrected chi connectivity index (χ2v) is 8.98. The van der Waals surface area contributed by atoms with Gasteiger partial charge in [-0.05, 0) is 42.3 Å². The molecule has 1 heterocycles. The maximum atomic E-state index is 12.6. The van der Waals surface area contributed by atoms with Gasteiger partial charge in [0.15, 0.2) is 0 Å². The highest BCUT2D eigenvalue weighted by atomic mass is 35.5. The van der Waals surface area contributed by atoms with Gasteiger partial charge in [-0.2, -0.15) is 15.0 Å². The first kappa shape index (κ1) is 30.0. The minimum atomic E-state index is -0.204. The van der Waals surface area contributed by atoms with Gasteiger partial charge in [0.1, 0.15) is 0 Å². The number of hydrogen-bond acceptors (Lipinski definition) is 10. The van der Waals surface area contributed by atoms with Crippen molar-refractivity contribution in [3.8, 4) is 0 Å². The van der Waals surface area contributed by atoms with Crippen molar-refractivity contribution in [1.29, 1.82) is 0 Å². The Labute approximate surface area is 234 Å². The zero-order valence-electron chi connectivity index (χ0n) is 22.2. The van der Waals surface area contributed by atoms with Crippen LogP contribution in [-0.2, 0) is 16.0 Å². The fraction of sp³-hybridized carbons (Fsp3) is 0.407. The monoisotopic (exact) mass is 556 g/mol. The molecule has 3 aromatic rings. The molecule has 6 N–H and O–H groups in total. The molecule has 0 aliphatic heterocycles. The fourth-order valence-corrected chi connectivity index (χ4v) is 3.49. The van der Waals surface area contributed by atoms with Crippen LogP contribution in [0.5, 0.6) is 0 Å². The predicted octanol–water partition coefficient (Wildman–Crippen LogP) is 3.81. The number of amides is 1. The number of carbonyl (C=O) groups is 1. The zero-order chi connectivity index (χ0) is 27.7. The average molecular weight is 557 g/mol. The summed E-state index contributed by atoms with van der Waals surface area (Å²) in [5, 5.41) is 13.2. The Morgan fingerprint density at radius 1 is 0.897 bits per heavy atom. The lowest BCUT2D eigenvalue weighted by Gasteiger charge is -2.12. The SMILES string of the molecule is CCCCNc1nc(NCc2ccc(Cl)cc2)nc(Nc2cccc(C(=O)NCCOCCOCCN)c2)n1. The number of nitrogens with one attached hydrogen (secondary N) is 4. The highest BCUT2D eigenvalue weighted by Crippen LogP contribution is 2.18. The molecule has 0 aliphatic rings. The molecule has 0 atom stereocenters. The maximum absolute atomic E-state index is 12.6. The first-order valence-corrected chi connectivity index (χ1v) is 13.4. The highest BCUT2D eigenvalue weighted by Gasteiger charge is 2.10. The summed E-state index contributed by atoms with van der Waals surface area (Å²) < 4.78 is 10.7. The van der Waals surface area contributed by atoms with Gasteiger partial charge in [0, 0.05) is 42.5 Å². The number of aromatic nitrogens is 3. The molecule has 39 heavy (non-hydrogen) atoms. The number of halogens is 1. The third-order valence-electron chi connectivity index (χ3n) is 5.36. The Morgan fingerprint density at radius 2 is 1.62 bits per heavy atom. The minimum absolute atomic E-state index is 0.204. The standard InChI is InChI=1S/C27H37ClN8O3/c1-2-3-12-31-25-34-26(32-19-20-7-9-22(28)10-8-20)36-27(35-25)33-23-6-4-5-21(18-23)24(37)30-13-15-39-17-16-38-14-11-29/h4-10,18H,2-3,11-17,19,29H2,1H3,(H,30,37)(H3,31,32,33,34,35,36). The van der Waals surface area contributed by atoms with E-state index in [-0.39, 0.29) is 5.91 Å². The summed E-state index contributed by atoms with van der Waals surface area (Å²) in [5.74, 6) is 1.03. The highest BCUT2D eigenvalue weighted by molar-refractivity contribution is 6.30. The zero-order valence-corrected chi connectivity index (χ0v) is 23.0. The van der Waals surface area contributed by atoms with Crippen molar-refractivity contribution < 1.29 is 14.3 Å². The summed E-state index contributed by atoms with van der Waals surface area (Å²) in [6.45, 7) is 6.08. The molecule has 0 spiro atoms. The van der Waals surface area contributed by atoms with Crippen LogP contribution in [0.2, 0.25) is 5.02 Å². The van der Waals surface area contributed by atoms with E-state index in [1.54, 1.807) is 18.2 Å². The van der Waals surface area contributed by atoms with Crippen molar-refractivity contribution in [2.75, 3.05) is 62.0 Å². The lowest BCUT2D eigenvalue weighted by atomic mass is 10.2. The molecule has 3 rings (SSSR count). The molecule has 12 heteroatoms. The number of nitrogens with zero attached hydrogens (tertiary/aromatic N) is 3. The van der Waals surface area contributed by atoms with E-state index in [0.29, 0.717) is 80.2 Å². The van der Waals surface area contributed by atoms with Gasteiger partial charge in [0.2, 0.25) is 17.8 Å². The number of carbonyl (C=O) groups excluding carboxylic acids is 1. The van der Waals surface area contributed by atoms with Crippen LogP contribution in [0.25, 0.3) is 0 Å². The van der Waals surface area contributed by atoms with E-state index >= 15 is 0 Å². The van der Waals surface area contributed by atoms with Crippen LogP contribution in [0.15, 0.2) is 48.5 Å². The quantitative estimate of drug-likeness (QED) is 0.146. The molecule has 2 aromatic carbocycles. The number of unbranched alkanes of at least 4 members (excludes halogenated alkanes) is 1. The Kier molecular flexibility index (Phi) is 13.2. The van der Waals surface area contributed by atoms with Crippen molar-refractivity contribution in [3.05, 3.63) is 64.7 Å². The van der Waals surface area contributed by atoms with E-state index < -0.39 is 0 Å². The molecule has 0 unspecified atom stereocenters. The number of rotatable bonds is 18. The summed E-state index contributed by atoms with van der Waals surface area (Å²) in [6, 6.07) is 14.7. The van der Waals surface area contributed by atoms with Gasteiger partial charge < -0.3 is 36.5 Å². The molecule has 0 fully saturated rings. The minimum Gasteiger partial charge on any atom is -0.378 e. The van der Waals surface area contributed by atoms with Crippen LogP contribution in [0.3, 0.4) is 0 Å². The van der Waals surface area contributed by atoms with E-state index in [9.17, 15) is 4.79 Å². The van der Waals surface area contributed by atoms with Crippen LogP contribution in [0, 0.1) is 0 Å². The summed E-state index contributed by atoms with van der Waals surface area (Å²) in [4.78, 5) is 26.1. The first-order chi connectivity index (χ1) is 19.1. The van der Waals surface area contributed by atoms with Gasteiger partial charge in [0.25, 0.3) is 5.91 Å². The molecule has 0 bridgehead atoms. The topological polar surface area (TPSA) is 148 Å². The lowest BCUT2D eigenvalue weighted by molar-refractivity contribution is 0.0511. The lowest BCUT2D eigenvalue weighted by Crippen LogP contribution is -2.27. The fourth-order valence-electron chi connectivity index (χ4n) is 3.36. The molecule has 1 aromatic heterocycles. The van der Waals surface area contributed by atoms with Crippen LogP contribution in [0.4, 0.5) is 23.5 Å². The number of nitrogens with two attached hydrogens (primary N) is 1. The van der Waals surface area contributed by atoms with Gasteiger partial charge in [-0.15, -0.1) is 0 Å². The largest absolute Gasteiger partial charge is 0.378 e. The van der Waals surface area contributed by atoms with Crippen LogP contribution in [0.1, 0.15) is 35.7 Å². The predicted molar refractivity (Wildman–Crippen MR) is 155 cm³/mol. The summed E-state index contributed by atoms with van der Waals surface area (Å²) in [7, 11) is 0. The first-order valence-electron chi connectivity index (χ1n) is 13.1. The van der Waals surface area contributed by atoms with Gasteiger partial charge in [0.05, 0.1) is 26.4 Å². The smallest absolute Gasteiger partial charge is 0.251 e. The van der Waals surface area contributed by atoms with Crippen molar-refractivity contribution in [1.82, 2.24) is 20.3 Å². The van der Waals surface area contributed by atoms with Gasteiger partial charge in [-0.3, -0.25) is 4.79 Å². The van der Waals surface area contributed by atoms with Crippen molar-refractivity contribution in [2.45, 2.75) is 26.3 Å². The molecule has 1 amide bonds. The van der Waals surface area contributed by atoms with Crippen LogP contribution >= 0.6 is 11.6 Å². The molecular formula is C27H37ClN8O3. The second kappa shape index (κ2) is 17.2. The third kappa shape index (κ3) is 11.4. The molecule has 0 saturated heterocycles. The number of ether oxygens (including phenoxy) is 2. The Hall–Kier alpha value is -3.51. The Balaban J connectivity index is 1.59. The molecule has 210 valence electrons. The van der Waals surface area contributed by atoms with Gasteiger partial charge >= 0.3 is 0 Å². The number of hydrogen-bond donors (Lipinski definition) is 5. The molecule has 0 saturated carbocycles. The van der Waals surface area contributed by atoms with Gasteiger partial charge in [-0.25, -0.2) is 0 Å². The summed E-state index contributed by atoms with van der Waals surface area (Å²) in [5.41, 5.74) is 7.58. The summed E-state index contributed by atoms with van der Waals surface area (Å²) in [6.07, 6.45) is 2.04. The van der Waals surface area contributed by atoms with Crippen molar-refractivity contribution >= 4 is 41.0 Å². The van der Waals surface area contributed by atoms with Crippen molar-refractivity contribution in [2.24, 2.45) is 5.73 Å².